The molecule has 4 aromatic rings. The van der Waals surface area contributed by atoms with Crippen LogP contribution in [-0.2, 0) is 17.6 Å². The lowest BCUT2D eigenvalue weighted by Crippen LogP contribution is -2.21. The van der Waals surface area contributed by atoms with Crippen LogP contribution in [0, 0.1) is 0 Å². The second-order valence-corrected chi connectivity index (χ2v) is 9.96. The van der Waals surface area contributed by atoms with E-state index in [2.05, 4.69) is 31.2 Å². The van der Waals surface area contributed by atoms with Crippen LogP contribution in [0.5, 0.6) is 0 Å². The third-order valence-corrected chi connectivity index (χ3v) is 7.32. The average molecular weight is 553 g/mol. The maximum Gasteiger partial charge on any atom is 0.413 e. The monoisotopic (exact) mass is 552 g/mol. The maximum absolute atomic E-state index is 12.5. The van der Waals surface area contributed by atoms with Crippen molar-refractivity contribution in [2.45, 2.75) is 12.8 Å². The Morgan fingerprint density at radius 2 is 2.06 bits per heavy atom. The van der Waals surface area contributed by atoms with Crippen LogP contribution in [-0.4, -0.2) is 57.9 Å². The number of halogens is 1. The average Bonchev–Trinajstić information content (AvgIpc) is 3.44. The topological polar surface area (TPSA) is 102 Å². The summed E-state index contributed by atoms with van der Waals surface area (Å²) in [5, 5.41) is 8.15. The molecule has 5 rings (SSSR count). The lowest BCUT2D eigenvalue weighted by atomic mass is 9.95. The van der Waals surface area contributed by atoms with Gasteiger partial charge in [-0.3, -0.25) is 15.1 Å². The molecule has 2 amide bonds. The second kappa shape index (κ2) is 9.23. The molecule has 1 aliphatic carbocycles. The molecule has 0 fully saturated rings. The van der Waals surface area contributed by atoms with E-state index in [9.17, 15) is 9.59 Å². The van der Waals surface area contributed by atoms with Gasteiger partial charge in [0.2, 0.25) is 0 Å². The summed E-state index contributed by atoms with van der Waals surface area (Å²) in [6.45, 7) is 0. The van der Waals surface area contributed by atoms with E-state index in [1.54, 1.807) is 38.6 Å². The number of fused-ring (bicyclic) bond motifs is 3. The summed E-state index contributed by atoms with van der Waals surface area (Å²) in [5.74, 6) is -0.0842. The van der Waals surface area contributed by atoms with Crippen molar-refractivity contribution in [2.75, 3.05) is 26.5 Å². The first-order chi connectivity index (χ1) is 16.9. The Bertz CT molecular complexity index is 1450. The molecule has 0 unspecified atom stereocenters. The lowest BCUT2D eigenvalue weighted by Gasteiger charge is -2.16. The molecule has 1 aliphatic rings. The van der Waals surface area contributed by atoms with Crippen LogP contribution in [0.25, 0.3) is 27.5 Å². The zero-order chi connectivity index (χ0) is 24.7. The molecule has 3 aromatic heterocycles. The number of amides is 2. The van der Waals surface area contributed by atoms with Crippen molar-refractivity contribution in [3.05, 3.63) is 64.0 Å². The van der Waals surface area contributed by atoms with E-state index in [1.807, 2.05) is 22.9 Å². The third-order valence-electron chi connectivity index (χ3n) is 5.67. The highest BCUT2D eigenvalue weighted by molar-refractivity contribution is 9.10. The van der Waals surface area contributed by atoms with Gasteiger partial charge >= 0.3 is 6.09 Å². The molecule has 0 aliphatic heterocycles. The van der Waals surface area contributed by atoms with Crippen molar-refractivity contribution in [3.8, 4) is 27.5 Å². The molecule has 35 heavy (non-hydrogen) atoms. The van der Waals surface area contributed by atoms with Gasteiger partial charge < -0.3 is 9.64 Å². The fraction of sp³-hybridized carbons (Fsp3) is 0.208. The standard InChI is InChI=1S/C24H21BrN6O3S/c1-30(2)22(32)13-6-9-18(16(25)11-13)31-20-15(19(29-31)14-5-4-10-26-12-14)7-8-17-21(20)35-23(27-17)28-24(33)34-3/h4-6,9-12H,7-8H2,1-3H3,(H,27,28,33). The number of benzene rings is 1. The van der Waals surface area contributed by atoms with Gasteiger partial charge in [-0.2, -0.15) is 5.10 Å². The molecular weight excluding hydrogens is 532 g/mol. The van der Waals surface area contributed by atoms with Crippen LogP contribution in [0.3, 0.4) is 0 Å². The minimum Gasteiger partial charge on any atom is -0.453 e. The third kappa shape index (κ3) is 4.21. The summed E-state index contributed by atoms with van der Waals surface area (Å²) in [7, 11) is 4.76. The van der Waals surface area contributed by atoms with E-state index in [4.69, 9.17) is 9.84 Å². The highest BCUT2D eigenvalue weighted by atomic mass is 79.9. The molecule has 0 saturated carbocycles. The smallest absolute Gasteiger partial charge is 0.413 e. The summed E-state index contributed by atoms with van der Waals surface area (Å²) in [4.78, 5) is 35.6. The number of pyridine rings is 1. The Labute approximate surface area is 213 Å². The number of rotatable bonds is 4. The minimum absolute atomic E-state index is 0.0842. The number of nitrogens with zero attached hydrogens (tertiary/aromatic N) is 5. The number of aryl methyl sites for hydroxylation is 1. The van der Waals surface area contributed by atoms with Gasteiger partial charge in [0.25, 0.3) is 5.91 Å². The Morgan fingerprint density at radius 1 is 1.23 bits per heavy atom. The van der Waals surface area contributed by atoms with Gasteiger partial charge in [-0.05, 0) is 59.1 Å². The molecule has 3 heterocycles. The Morgan fingerprint density at radius 3 is 2.74 bits per heavy atom. The molecule has 0 saturated heterocycles. The van der Waals surface area contributed by atoms with Crippen molar-refractivity contribution in [1.29, 1.82) is 0 Å². The van der Waals surface area contributed by atoms with E-state index >= 15 is 0 Å². The Balaban J connectivity index is 1.69. The van der Waals surface area contributed by atoms with Crippen LogP contribution < -0.4 is 5.32 Å². The van der Waals surface area contributed by atoms with Gasteiger partial charge in [-0.25, -0.2) is 14.5 Å². The van der Waals surface area contributed by atoms with Gasteiger partial charge in [0.15, 0.2) is 5.13 Å². The van der Waals surface area contributed by atoms with E-state index in [0.29, 0.717) is 10.7 Å². The number of hydrogen-bond donors (Lipinski definition) is 1. The van der Waals surface area contributed by atoms with Gasteiger partial charge in [-0.15, -0.1) is 0 Å². The number of ether oxygens (including phenoxy) is 1. The van der Waals surface area contributed by atoms with Crippen LogP contribution in [0.2, 0.25) is 0 Å². The van der Waals surface area contributed by atoms with Crippen molar-refractivity contribution >= 4 is 44.4 Å². The van der Waals surface area contributed by atoms with Gasteiger partial charge in [-0.1, -0.05) is 11.3 Å². The van der Waals surface area contributed by atoms with Crippen molar-refractivity contribution < 1.29 is 14.3 Å². The highest BCUT2D eigenvalue weighted by Crippen LogP contribution is 2.44. The first kappa shape index (κ1) is 23.2. The largest absolute Gasteiger partial charge is 0.453 e. The molecule has 11 heteroatoms. The van der Waals surface area contributed by atoms with Crippen LogP contribution in [0.1, 0.15) is 21.6 Å². The summed E-state index contributed by atoms with van der Waals surface area (Å²) in [6, 6.07) is 9.35. The Kier molecular flexibility index (Phi) is 6.12. The molecule has 178 valence electrons. The fourth-order valence-corrected chi connectivity index (χ4v) is 5.64. The summed E-state index contributed by atoms with van der Waals surface area (Å²) >= 11 is 5.03. The fourth-order valence-electron chi connectivity index (χ4n) is 4.04. The van der Waals surface area contributed by atoms with Crippen molar-refractivity contribution in [2.24, 2.45) is 0 Å². The van der Waals surface area contributed by atoms with Crippen LogP contribution in [0.15, 0.2) is 47.2 Å². The SMILES string of the molecule is COC(=O)Nc1nc2c(s1)-c1c(c(-c3cccnc3)nn1-c1ccc(C(=O)N(C)C)cc1Br)CC2. The first-order valence-corrected chi connectivity index (χ1v) is 12.4. The quantitative estimate of drug-likeness (QED) is 0.390. The molecule has 0 spiro atoms. The molecule has 1 aromatic carbocycles. The van der Waals surface area contributed by atoms with Gasteiger partial charge in [0.05, 0.1) is 34.8 Å². The summed E-state index contributed by atoms with van der Waals surface area (Å²) < 4.78 is 7.34. The van der Waals surface area contributed by atoms with Gasteiger partial charge in [0, 0.05) is 47.7 Å². The van der Waals surface area contributed by atoms with Crippen LogP contribution in [0.4, 0.5) is 9.93 Å². The molecule has 9 nitrogen and oxygen atoms in total. The zero-order valence-electron chi connectivity index (χ0n) is 19.2. The van der Waals surface area contributed by atoms with E-state index in [1.165, 1.54) is 23.3 Å². The summed E-state index contributed by atoms with van der Waals surface area (Å²) in [5.41, 5.74) is 6.00. The maximum atomic E-state index is 12.5. The number of anilines is 1. The van der Waals surface area contributed by atoms with E-state index in [0.717, 1.165) is 56.1 Å². The molecule has 0 atom stereocenters. The number of hydrogen-bond acceptors (Lipinski definition) is 7. The first-order valence-electron chi connectivity index (χ1n) is 10.8. The molecule has 0 bridgehead atoms. The second-order valence-electron chi connectivity index (χ2n) is 8.11. The molecule has 1 N–H and O–H groups in total. The predicted molar refractivity (Wildman–Crippen MR) is 137 cm³/mol. The van der Waals surface area contributed by atoms with Crippen LogP contribution >= 0.6 is 27.3 Å². The molecule has 0 radical (unpaired) electrons. The van der Waals surface area contributed by atoms with Crippen molar-refractivity contribution in [1.82, 2.24) is 24.6 Å². The number of carbonyl (C=O) groups is 2. The van der Waals surface area contributed by atoms with E-state index < -0.39 is 6.09 Å². The number of aromatic nitrogens is 4. The number of carbonyl (C=O) groups excluding carboxylic acids is 2. The zero-order valence-corrected chi connectivity index (χ0v) is 21.6. The van der Waals surface area contributed by atoms with Crippen molar-refractivity contribution in [3.63, 3.8) is 0 Å². The normalized spacial score (nSPS) is 12.0. The number of thiazole rings is 1. The molecular formula is C24H21BrN6O3S. The predicted octanol–water partition coefficient (Wildman–Crippen LogP) is 4.80. The Hall–Kier alpha value is -3.57. The van der Waals surface area contributed by atoms with E-state index in [-0.39, 0.29) is 5.91 Å². The summed E-state index contributed by atoms with van der Waals surface area (Å²) in [6.07, 6.45) is 4.43. The number of methoxy groups -OCH3 is 1. The highest BCUT2D eigenvalue weighted by Gasteiger charge is 2.30. The lowest BCUT2D eigenvalue weighted by molar-refractivity contribution is 0.0827. The number of nitrogens with one attached hydrogen (secondary N) is 1. The minimum atomic E-state index is -0.565. The van der Waals surface area contributed by atoms with Gasteiger partial charge in [0.1, 0.15) is 0 Å².